The molecule has 1 aliphatic rings. The molecule has 1 fully saturated rings. The first-order valence-electron chi connectivity index (χ1n) is 7.46. The minimum absolute atomic E-state index is 0.278. The molecule has 0 unspecified atom stereocenters. The van der Waals surface area contributed by atoms with Crippen molar-refractivity contribution in [3.63, 3.8) is 0 Å². The molecule has 1 aliphatic heterocycles. The zero-order valence-corrected chi connectivity index (χ0v) is 12.8. The number of piperazine rings is 1. The van der Waals surface area contributed by atoms with Crippen molar-refractivity contribution in [3.8, 4) is 0 Å². The van der Waals surface area contributed by atoms with Crippen molar-refractivity contribution in [2.75, 3.05) is 38.1 Å². The van der Waals surface area contributed by atoms with Gasteiger partial charge in [0.2, 0.25) is 5.95 Å². The second-order valence-electron chi connectivity index (χ2n) is 5.85. The van der Waals surface area contributed by atoms with Crippen LogP contribution in [0.5, 0.6) is 0 Å². The summed E-state index contributed by atoms with van der Waals surface area (Å²) in [5.74, 6) is 0.551. The first kappa shape index (κ1) is 15.1. The lowest BCUT2D eigenvalue weighted by molar-refractivity contribution is -0.137. The average Bonchev–Trinajstić information content (AvgIpc) is 3.03. The molecule has 126 valence electrons. The van der Waals surface area contributed by atoms with Gasteiger partial charge < -0.3 is 9.80 Å². The maximum absolute atomic E-state index is 13.0. The lowest BCUT2D eigenvalue weighted by atomic mass is 10.1. The number of alkyl halides is 3. The van der Waals surface area contributed by atoms with E-state index in [2.05, 4.69) is 25.4 Å². The van der Waals surface area contributed by atoms with E-state index >= 15 is 0 Å². The number of halogens is 3. The minimum Gasteiger partial charge on any atom is -0.338 e. The Hall–Kier alpha value is -2.49. The Labute approximate surface area is 134 Å². The van der Waals surface area contributed by atoms with E-state index in [1.165, 1.54) is 10.6 Å². The molecule has 2 aromatic heterocycles. The van der Waals surface area contributed by atoms with Crippen molar-refractivity contribution >= 4 is 22.5 Å². The van der Waals surface area contributed by atoms with Crippen molar-refractivity contribution < 1.29 is 13.2 Å². The van der Waals surface area contributed by atoms with Gasteiger partial charge in [0.15, 0.2) is 5.65 Å². The van der Waals surface area contributed by atoms with Gasteiger partial charge in [-0.2, -0.15) is 17.7 Å². The summed E-state index contributed by atoms with van der Waals surface area (Å²) in [7, 11) is 2.04. The zero-order chi connectivity index (χ0) is 16.9. The fraction of sp³-hybridized carbons (Fsp3) is 0.429. The van der Waals surface area contributed by atoms with Gasteiger partial charge >= 0.3 is 6.18 Å². The zero-order valence-electron chi connectivity index (χ0n) is 12.8. The molecule has 0 atom stereocenters. The van der Waals surface area contributed by atoms with Crippen LogP contribution in [0.3, 0.4) is 0 Å². The second-order valence-corrected chi connectivity index (χ2v) is 5.85. The number of likely N-dealkylation sites (N-methyl/N-ethyl adjacent to an activating group) is 1. The number of aromatic nitrogens is 5. The topological polar surface area (TPSA) is 62.5 Å². The fourth-order valence-corrected chi connectivity index (χ4v) is 2.84. The highest BCUT2D eigenvalue weighted by molar-refractivity contribution is 5.92. The molecule has 3 heterocycles. The molecule has 7 nitrogen and oxygen atoms in total. The molecule has 0 spiro atoms. The molecule has 1 saturated heterocycles. The fourth-order valence-electron chi connectivity index (χ4n) is 2.84. The SMILES string of the molecule is CN1CCN(c2nc3ccc(C(F)(F)F)cc3c3nnnn23)CC1. The summed E-state index contributed by atoms with van der Waals surface area (Å²) in [5.41, 5.74) is -0.0201. The van der Waals surface area contributed by atoms with Crippen LogP contribution < -0.4 is 4.90 Å². The summed E-state index contributed by atoms with van der Waals surface area (Å²) >= 11 is 0. The molecule has 4 rings (SSSR count). The lowest BCUT2D eigenvalue weighted by Gasteiger charge is -2.32. The van der Waals surface area contributed by atoms with Gasteiger partial charge in [0.25, 0.3) is 0 Å². The number of anilines is 1. The Kier molecular flexibility index (Phi) is 3.30. The third-order valence-electron chi connectivity index (χ3n) is 4.23. The highest BCUT2D eigenvalue weighted by Crippen LogP contribution is 2.32. The maximum Gasteiger partial charge on any atom is 0.416 e. The molecule has 0 radical (unpaired) electrons. The Morgan fingerprint density at radius 1 is 1.08 bits per heavy atom. The predicted molar refractivity (Wildman–Crippen MR) is 80.8 cm³/mol. The van der Waals surface area contributed by atoms with E-state index in [1.54, 1.807) is 0 Å². The number of benzene rings is 1. The van der Waals surface area contributed by atoms with E-state index in [0.29, 0.717) is 11.5 Å². The van der Waals surface area contributed by atoms with Crippen LogP contribution in [0.4, 0.5) is 19.1 Å². The molecule has 1 aromatic carbocycles. The Balaban J connectivity index is 1.88. The summed E-state index contributed by atoms with van der Waals surface area (Å²) in [6.45, 7) is 3.25. The minimum atomic E-state index is -4.42. The van der Waals surface area contributed by atoms with Crippen LogP contribution in [0.15, 0.2) is 18.2 Å². The van der Waals surface area contributed by atoms with Gasteiger partial charge in [-0.25, -0.2) is 4.98 Å². The van der Waals surface area contributed by atoms with E-state index in [1.807, 2.05) is 11.9 Å². The highest BCUT2D eigenvalue weighted by Gasteiger charge is 2.31. The highest BCUT2D eigenvalue weighted by atomic mass is 19.4. The largest absolute Gasteiger partial charge is 0.416 e. The number of hydrogen-bond acceptors (Lipinski definition) is 6. The number of fused-ring (bicyclic) bond motifs is 3. The number of rotatable bonds is 1. The van der Waals surface area contributed by atoms with Gasteiger partial charge in [0.05, 0.1) is 11.1 Å². The first-order chi connectivity index (χ1) is 11.4. The molecule has 0 aliphatic carbocycles. The average molecular weight is 337 g/mol. The summed E-state index contributed by atoms with van der Waals surface area (Å²) in [6, 6.07) is 3.44. The molecule has 0 saturated carbocycles. The molecular weight excluding hydrogens is 323 g/mol. The van der Waals surface area contributed by atoms with Crippen LogP contribution >= 0.6 is 0 Å². The van der Waals surface area contributed by atoms with Crippen molar-refractivity contribution in [1.29, 1.82) is 0 Å². The smallest absolute Gasteiger partial charge is 0.338 e. The summed E-state index contributed by atoms with van der Waals surface area (Å²) in [5, 5.41) is 11.7. The number of nitrogens with zero attached hydrogens (tertiary/aromatic N) is 7. The number of tetrazole rings is 1. The molecule has 24 heavy (non-hydrogen) atoms. The third kappa shape index (κ3) is 2.42. The van der Waals surface area contributed by atoms with Crippen molar-refractivity contribution in [3.05, 3.63) is 23.8 Å². The quantitative estimate of drug-likeness (QED) is 0.670. The van der Waals surface area contributed by atoms with Crippen molar-refractivity contribution in [1.82, 2.24) is 29.9 Å². The Morgan fingerprint density at radius 2 is 1.83 bits per heavy atom. The summed E-state index contributed by atoms with van der Waals surface area (Å²) in [4.78, 5) is 8.75. The van der Waals surface area contributed by atoms with Gasteiger partial charge in [-0.15, -0.1) is 5.10 Å². The second kappa shape index (κ2) is 5.26. The van der Waals surface area contributed by atoms with Crippen LogP contribution in [0.25, 0.3) is 16.6 Å². The molecule has 3 aromatic rings. The Morgan fingerprint density at radius 3 is 2.54 bits per heavy atom. The molecule has 0 N–H and O–H groups in total. The van der Waals surface area contributed by atoms with Gasteiger partial charge in [0, 0.05) is 31.6 Å². The van der Waals surface area contributed by atoms with Crippen LogP contribution in [0.2, 0.25) is 0 Å². The molecule has 0 amide bonds. The van der Waals surface area contributed by atoms with Gasteiger partial charge in [-0.3, -0.25) is 0 Å². The summed E-state index contributed by atoms with van der Waals surface area (Å²) in [6.07, 6.45) is -4.42. The third-order valence-corrected chi connectivity index (χ3v) is 4.23. The molecule has 10 heteroatoms. The number of hydrogen-bond donors (Lipinski definition) is 0. The standard InChI is InChI=1S/C14H14F3N7/c1-22-4-6-23(7-5-22)13-18-11-3-2-9(14(15,16)17)8-10(11)12-19-20-21-24(12)13/h2-3,8H,4-7H2,1H3. The summed E-state index contributed by atoms with van der Waals surface area (Å²) < 4.78 is 40.3. The van der Waals surface area contributed by atoms with E-state index in [-0.39, 0.29) is 11.0 Å². The van der Waals surface area contributed by atoms with Gasteiger partial charge in [0.1, 0.15) is 0 Å². The maximum atomic E-state index is 13.0. The molecular formula is C14H14F3N7. The van der Waals surface area contributed by atoms with Crippen LogP contribution in [0, 0.1) is 0 Å². The van der Waals surface area contributed by atoms with E-state index in [4.69, 9.17) is 0 Å². The van der Waals surface area contributed by atoms with Crippen molar-refractivity contribution in [2.45, 2.75) is 6.18 Å². The van der Waals surface area contributed by atoms with E-state index < -0.39 is 11.7 Å². The predicted octanol–water partition coefficient (Wildman–Crippen LogP) is 1.44. The monoisotopic (exact) mass is 337 g/mol. The lowest BCUT2D eigenvalue weighted by Crippen LogP contribution is -2.45. The van der Waals surface area contributed by atoms with Gasteiger partial charge in [-0.05, 0) is 35.7 Å². The van der Waals surface area contributed by atoms with Crippen LogP contribution in [-0.4, -0.2) is 63.2 Å². The Bertz CT molecular complexity index is 896. The van der Waals surface area contributed by atoms with Crippen LogP contribution in [0.1, 0.15) is 5.56 Å². The molecule has 0 bridgehead atoms. The van der Waals surface area contributed by atoms with E-state index in [9.17, 15) is 13.2 Å². The van der Waals surface area contributed by atoms with Crippen molar-refractivity contribution in [2.24, 2.45) is 0 Å². The van der Waals surface area contributed by atoms with Crippen LogP contribution in [-0.2, 0) is 6.18 Å². The van der Waals surface area contributed by atoms with Gasteiger partial charge in [-0.1, -0.05) is 0 Å². The normalized spacial score (nSPS) is 17.1. The first-order valence-corrected chi connectivity index (χ1v) is 7.46. The van der Waals surface area contributed by atoms with E-state index in [0.717, 1.165) is 38.3 Å².